The summed E-state index contributed by atoms with van der Waals surface area (Å²) in [5, 5.41) is 20.9. The van der Waals surface area contributed by atoms with Gasteiger partial charge in [0, 0.05) is 12.6 Å². The summed E-state index contributed by atoms with van der Waals surface area (Å²) in [4.78, 5) is 10.0. The second-order valence-corrected chi connectivity index (χ2v) is 3.67. The molecule has 0 bridgehead atoms. The Labute approximate surface area is 106 Å². The van der Waals surface area contributed by atoms with E-state index in [1.807, 2.05) is 0 Å². The molecule has 0 amide bonds. The Hall–Kier alpha value is -2.42. The molecule has 0 radical (unpaired) electrons. The van der Waals surface area contributed by atoms with Gasteiger partial charge in [-0.05, 0) is 13.1 Å². The molecule has 0 unspecified atom stereocenters. The minimum atomic E-state index is -1.34. The van der Waals surface area contributed by atoms with Crippen LogP contribution in [0.4, 0.5) is 14.5 Å². The van der Waals surface area contributed by atoms with Crippen molar-refractivity contribution in [1.29, 1.82) is 0 Å². The van der Waals surface area contributed by atoms with Crippen molar-refractivity contribution in [2.45, 2.75) is 6.54 Å². The molecule has 1 aromatic heterocycles. The standard InChI is InChI=1S/C10H9F2N5O2/c1-13-4-6-5-16(15-14-6)10-8(17(18)19)3-2-7(11)9(10)12/h2-3,5,13H,4H2,1H3. The van der Waals surface area contributed by atoms with E-state index in [4.69, 9.17) is 0 Å². The molecule has 0 aliphatic carbocycles. The molecule has 0 saturated carbocycles. The predicted octanol–water partition coefficient (Wildman–Crippen LogP) is 1.17. The van der Waals surface area contributed by atoms with Gasteiger partial charge < -0.3 is 5.32 Å². The average molecular weight is 269 g/mol. The molecule has 0 aliphatic heterocycles. The van der Waals surface area contributed by atoms with Crippen LogP contribution >= 0.6 is 0 Å². The van der Waals surface area contributed by atoms with Crippen LogP contribution in [-0.2, 0) is 6.54 Å². The summed E-state index contributed by atoms with van der Waals surface area (Å²) in [6.45, 7) is 0.352. The maximum Gasteiger partial charge on any atom is 0.298 e. The fraction of sp³-hybridized carbons (Fsp3) is 0.200. The molecule has 1 heterocycles. The van der Waals surface area contributed by atoms with Crippen LogP contribution in [0.2, 0.25) is 0 Å². The van der Waals surface area contributed by atoms with Gasteiger partial charge in [0.25, 0.3) is 5.69 Å². The summed E-state index contributed by atoms with van der Waals surface area (Å²) in [6, 6.07) is 1.58. The van der Waals surface area contributed by atoms with Gasteiger partial charge in [-0.25, -0.2) is 13.5 Å². The van der Waals surface area contributed by atoms with Crippen LogP contribution in [0.15, 0.2) is 18.3 Å². The normalized spacial score (nSPS) is 10.7. The number of benzene rings is 1. The van der Waals surface area contributed by atoms with Crippen LogP contribution < -0.4 is 5.32 Å². The van der Waals surface area contributed by atoms with Crippen LogP contribution in [0.3, 0.4) is 0 Å². The lowest BCUT2D eigenvalue weighted by Gasteiger charge is -2.04. The first-order valence-corrected chi connectivity index (χ1v) is 5.23. The first-order valence-electron chi connectivity index (χ1n) is 5.23. The van der Waals surface area contributed by atoms with Gasteiger partial charge in [0.05, 0.1) is 16.8 Å². The van der Waals surface area contributed by atoms with Gasteiger partial charge in [0.2, 0.25) is 0 Å². The van der Waals surface area contributed by atoms with Crippen molar-refractivity contribution < 1.29 is 13.7 Å². The summed E-state index contributed by atoms with van der Waals surface area (Å²) >= 11 is 0. The molecule has 7 nitrogen and oxygen atoms in total. The minimum Gasteiger partial charge on any atom is -0.314 e. The van der Waals surface area contributed by atoms with E-state index in [1.165, 1.54) is 6.20 Å². The van der Waals surface area contributed by atoms with E-state index in [0.717, 1.165) is 10.7 Å². The molecule has 0 fully saturated rings. The number of aromatic nitrogens is 3. The number of nitro benzene ring substituents is 1. The van der Waals surface area contributed by atoms with Crippen molar-refractivity contribution in [3.63, 3.8) is 0 Å². The molecule has 2 rings (SSSR count). The third kappa shape index (κ3) is 2.40. The van der Waals surface area contributed by atoms with Crippen molar-refractivity contribution in [2.24, 2.45) is 0 Å². The Kier molecular flexibility index (Phi) is 3.47. The molecular formula is C10H9F2N5O2. The van der Waals surface area contributed by atoms with E-state index in [0.29, 0.717) is 18.3 Å². The van der Waals surface area contributed by atoms with Gasteiger partial charge in [-0.2, -0.15) is 0 Å². The first-order chi connectivity index (χ1) is 9.04. The van der Waals surface area contributed by atoms with E-state index in [9.17, 15) is 18.9 Å². The number of nitro groups is 1. The minimum absolute atomic E-state index is 0.352. The topological polar surface area (TPSA) is 85.9 Å². The molecule has 0 saturated heterocycles. The molecule has 0 spiro atoms. The van der Waals surface area contributed by atoms with Crippen LogP contribution in [0.5, 0.6) is 0 Å². The smallest absolute Gasteiger partial charge is 0.298 e. The zero-order chi connectivity index (χ0) is 14.0. The molecular weight excluding hydrogens is 260 g/mol. The second kappa shape index (κ2) is 5.06. The Morgan fingerprint density at radius 3 is 2.84 bits per heavy atom. The molecule has 100 valence electrons. The molecule has 1 aromatic carbocycles. The Morgan fingerprint density at radius 2 is 2.21 bits per heavy atom. The first kappa shape index (κ1) is 13.0. The summed E-state index contributed by atoms with van der Waals surface area (Å²) in [7, 11) is 1.67. The highest BCUT2D eigenvalue weighted by atomic mass is 19.2. The lowest BCUT2D eigenvalue weighted by molar-refractivity contribution is -0.384. The van der Waals surface area contributed by atoms with Gasteiger partial charge in [0.1, 0.15) is 0 Å². The van der Waals surface area contributed by atoms with Gasteiger partial charge in [0.15, 0.2) is 17.3 Å². The zero-order valence-electron chi connectivity index (χ0n) is 9.80. The lowest BCUT2D eigenvalue weighted by Crippen LogP contribution is -2.06. The summed E-state index contributed by atoms with van der Waals surface area (Å²) in [5.74, 6) is -2.53. The Bertz CT molecular complexity index is 628. The fourth-order valence-corrected chi connectivity index (χ4v) is 1.56. The van der Waals surface area contributed by atoms with E-state index in [2.05, 4.69) is 15.6 Å². The number of nitrogens with one attached hydrogen (secondary N) is 1. The molecule has 0 atom stereocenters. The van der Waals surface area contributed by atoms with Crippen LogP contribution in [0, 0.1) is 21.7 Å². The third-order valence-electron chi connectivity index (χ3n) is 2.37. The lowest BCUT2D eigenvalue weighted by atomic mass is 10.2. The Balaban J connectivity index is 2.58. The molecule has 0 aliphatic rings. The van der Waals surface area contributed by atoms with Gasteiger partial charge >= 0.3 is 0 Å². The molecule has 1 N–H and O–H groups in total. The number of nitrogens with zero attached hydrogens (tertiary/aromatic N) is 4. The van der Waals surface area contributed by atoms with Crippen LogP contribution in [0.1, 0.15) is 5.69 Å². The Morgan fingerprint density at radius 1 is 1.47 bits per heavy atom. The van der Waals surface area contributed by atoms with Crippen molar-refractivity contribution in [2.75, 3.05) is 7.05 Å². The van der Waals surface area contributed by atoms with Crippen molar-refractivity contribution in [3.05, 3.63) is 45.8 Å². The fourth-order valence-electron chi connectivity index (χ4n) is 1.56. The zero-order valence-corrected chi connectivity index (χ0v) is 9.80. The number of hydrogen-bond acceptors (Lipinski definition) is 5. The van der Waals surface area contributed by atoms with Gasteiger partial charge in [-0.1, -0.05) is 5.21 Å². The molecule has 19 heavy (non-hydrogen) atoms. The van der Waals surface area contributed by atoms with Gasteiger partial charge in [-0.3, -0.25) is 10.1 Å². The van der Waals surface area contributed by atoms with Crippen LogP contribution in [-0.4, -0.2) is 27.0 Å². The maximum atomic E-state index is 13.7. The molecule has 2 aromatic rings. The van der Waals surface area contributed by atoms with E-state index in [1.54, 1.807) is 7.05 Å². The largest absolute Gasteiger partial charge is 0.314 e. The van der Waals surface area contributed by atoms with Crippen molar-refractivity contribution in [1.82, 2.24) is 20.3 Å². The summed E-state index contributed by atoms with van der Waals surface area (Å²) in [6.07, 6.45) is 1.29. The van der Waals surface area contributed by atoms with Gasteiger partial charge in [-0.15, -0.1) is 5.10 Å². The highest BCUT2D eigenvalue weighted by Crippen LogP contribution is 2.26. The van der Waals surface area contributed by atoms with E-state index in [-0.39, 0.29) is 0 Å². The predicted molar refractivity (Wildman–Crippen MR) is 60.7 cm³/mol. The van der Waals surface area contributed by atoms with E-state index >= 15 is 0 Å². The van der Waals surface area contributed by atoms with E-state index < -0.39 is 27.9 Å². The monoisotopic (exact) mass is 269 g/mol. The summed E-state index contributed by atoms with van der Waals surface area (Å²) < 4.78 is 27.8. The number of halogens is 2. The quantitative estimate of drug-likeness (QED) is 0.665. The SMILES string of the molecule is CNCc1cn(-c2c([N+](=O)[O-])ccc(F)c2F)nn1. The van der Waals surface area contributed by atoms with Crippen molar-refractivity contribution in [3.8, 4) is 5.69 Å². The average Bonchev–Trinajstić information content (AvgIpc) is 2.81. The highest BCUT2D eigenvalue weighted by Gasteiger charge is 2.24. The maximum absolute atomic E-state index is 13.7. The summed E-state index contributed by atoms with van der Waals surface area (Å²) in [5.41, 5.74) is -0.708. The van der Waals surface area contributed by atoms with Crippen LogP contribution in [0.25, 0.3) is 5.69 Å². The number of rotatable bonds is 4. The van der Waals surface area contributed by atoms with Crippen molar-refractivity contribution >= 4 is 5.69 Å². The highest BCUT2D eigenvalue weighted by molar-refractivity contribution is 5.53. The third-order valence-corrected chi connectivity index (χ3v) is 2.37. The second-order valence-electron chi connectivity index (χ2n) is 3.67. The number of hydrogen-bond donors (Lipinski definition) is 1. The molecule has 9 heteroatoms.